The predicted octanol–water partition coefficient (Wildman–Crippen LogP) is 1.78. The molecule has 2 aliphatic heterocycles. The van der Waals surface area contributed by atoms with E-state index in [1.54, 1.807) is 16.4 Å². The van der Waals surface area contributed by atoms with Gasteiger partial charge in [0, 0.05) is 32.7 Å². The van der Waals surface area contributed by atoms with Crippen LogP contribution in [0, 0.1) is 11.7 Å². The predicted molar refractivity (Wildman–Crippen MR) is 90.2 cm³/mol. The quantitative estimate of drug-likeness (QED) is 0.890. The van der Waals surface area contributed by atoms with Gasteiger partial charge in [-0.25, -0.2) is 4.39 Å². The normalized spacial score (nSPS) is 26.9. The van der Waals surface area contributed by atoms with Gasteiger partial charge in [0.15, 0.2) is 0 Å². The highest BCUT2D eigenvalue weighted by Gasteiger charge is 2.39. The number of hydrogen-bond donors (Lipinski definition) is 1. The summed E-state index contributed by atoms with van der Waals surface area (Å²) in [6.07, 6.45) is 0.899. The molecular formula is C15H23ClFN3O2S. The fourth-order valence-electron chi connectivity index (χ4n) is 3.21. The summed E-state index contributed by atoms with van der Waals surface area (Å²) in [5.74, 6) is 0.0560. The third-order valence-corrected chi connectivity index (χ3v) is 6.45. The zero-order valence-electron chi connectivity index (χ0n) is 13.1. The van der Waals surface area contributed by atoms with Crippen LogP contribution in [-0.2, 0) is 10.2 Å². The van der Waals surface area contributed by atoms with Crippen LogP contribution in [0.3, 0.4) is 0 Å². The lowest BCUT2D eigenvalue weighted by Gasteiger charge is -2.37. The first kappa shape index (κ1) is 18.6. The first-order valence-corrected chi connectivity index (χ1v) is 9.11. The van der Waals surface area contributed by atoms with Crippen LogP contribution in [0.1, 0.15) is 24.9 Å². The molecule has 2 saturated heterocycles. The average Bonchev–Trinajstić information content (AvgIpc) is 2.95. The third-order valence-electron chi connectivity index (χ3n) is 4.44. The highest BCUT2D eigenvalue weighted by Crippen LogP contribution is 2.29. The second kappa shape index (κ2) is 7.44. The summed E-state index contributed by atoms with van der Waals surface area (Å²) >= 11 is 0. The maximum Gasteiger partial charge on any atom is 0.282 e. The molecular weight excluding hydrogens is 341 g/mol. The zero-order valence-corrected chi connectivity index (χ0v) is 14.7. The van der Waals surface area contributed by atoms with Crippen molar-refractivity contribution in [3.05, 3.63) is 35.6 Å². The standard InChI is InChI=1S/C15H22FN3O2S.ClH/c1-12-5-7-18(11-12)22(20,21)19-8-6-17-10-15(19)13-3-2-4-14(16)9-13;/h2-4,9,12,15,17H,5-8,10-11H2,1H3;1H. The van der Waals surface area contributed by atoms with Crippen LogP contribution in [0.2, 0.25) is 0 Å². The van der Waals surface area contributed by atoms with Gasteiger partial charge in [0.2, 0.25) is 0 Å². The summed E-state index contributed by atoms with van der Waals surface area (Å²) in [7, 11) is -3.50. The molecule has 0 radical (unpaired) electrons. The van der Waals surface area contributed by atoms with Gasteiger partial charge in [-0.2, -0.15) is 17.0 Å². The maximum absolute atomic E-state index is 13.5. The summed E-state index contributed by atoms with van der Waals surface area (Å²) in [5, 5.41) is 3.21. The number of nitrogens with one attached hydrogen (secondary N) is 1. The van der Waals surface area contributed by atoms with E-state index in [2.05, 4.69) is 12.2 Å². The van der Waals surface area contributed by atoms with Gasteiger partial charge in [-0.15, -0.1) is 12.4 Å². The lowest BCUT2D eigenvalue weighted by Crippen LogP contribution is -2.52. The van der Waals surface area contributed by atoms with E-state index in [9.17, 15) is 12.8 Å². The van der Waals surface area contributed by atoms with E-state index in [0.717, 1.165) is 6.42 Å². The maximum atomic E-state index is 13.5. The molecule has 2 fully saturated rings. The van der Waals surface area contributed by atoms with Gasteiger partial charge in [-0.05, 0) is 30.0 Å². The molecule has 8 heteroatoms. The Balaban J connectivity index is 0.00000192. The van der Waals surface area contributed by atoms with Crippen molar-refractivity contribution in [3.63, 3.8) is 0 Å². The van der Waals surface area contributed by atoms with Gasteiger partial charge >= 0.3 is 0 Å². The smallest absolute Gasteiger partial charge is 0.282 e. The van der Waals surface area contributed by atoms with Gasteiger partial charge in [0.25, 0.3) is 10.2 Å². The highest BCUT2D eigenvalue weighted by molar-refractivity contribution is 7.86. The number of benzene rings is 1. The summed E-state index contributed by atoms with van der Waals surface area (Å²) in [4.78, 5) is 0. The summed E-state index contributed by atoms with van der Waals surface area (Å²) in [5.41, 5.74) is 0.697. The van der Waals surface area contributed by atoms with Crippen molar-refractivity contribution in [2.24, 2.45) is 5.92 Å². The lowest BCUT2D eigenvalue weighted by molar-refractivity contribution is 0.251. The van der Waals surface area contributed by atoms with Crippen LogP contribution >= 0.6 is 12.4 Å². The molecule has 0 bridgehead atoms. The molecule has 2 unspecified atom stereocenters. The Hall–Kier alpha value is -0.730. The zero-order chi connectivity index (χ0) is 15.7. The van der Waals surface area contributed by atoms with Crippen LogP contribution in [0.15, 0.2) is 24.3 Å². The molecule has 130 valence electrons. The Kier molecular flexibility index (Phi) is 6.02. The number of nitrogens with zero attached hydrogens (tertiary/aromatic N) is 2. The largest absolute Gasteiger partial charge is 0.313 e. The van der Waals surface area contributed by atoms with Crippen molar-refractivity contribution in [1.29, 1.82) is 0 Å². The molecule has 23 heavy (non-hydrogen) atoms. The Morgan fingerprint density at radius 1 is 1.30 bits per heavy atom. The van der Waals surface area contributed by atoms with E-state index in [4.69, 9.17) is 0 Å². The molecule has 3 rings (SSSR count). The molecule has 0 amide bonds. The third kappa shape index (κ3) is 3.85. The molecule has 0 spiro atoms. The second-order valence-corrected chi connectivity index (χ2v) is 8.03. The van der Waals surface area contributed by atoms with Gasteiger partial charge in [-0.3, -0.25) is 0 Å². The minimum atomic E-state index is -3.50. The van der Waals surface area contributed by atoms with Crippen LogP contribution in [0.4, 0.5) is 4.39 Å². The van der Waals surface area contributed by atoms with Gasteiger partial charge < -0.3 is 5.32 Å². The van der Waals surface area contributed by atoms with Crippen molar-refractivity contribution < 1.29 is 12.8 Å². The molecule has 2 atom stereocenters. The summed E-state index contributed by atoms with van der Waals surface area (Å²) in [6, 6.07) is 5.86. The molecule has 1 N–H and O–H groups in total. The van der Waals surface area contributed by atoms with Crippen LogP contribution in [0.25, 0.3) is 0 Å². The van der Waals surface area contributed by atoms with Crippen molar-refractivity contribution in [3.8, 4) is 0 Å². The first-order valence-electron chi connectivity index (χ1n) is 7.71. The van der Waals surface area contributed by atoms with E-state index in [1.807, 2.05) is 0 Å². The van der Waals surface area contributed by atoms with Crippen LogP contribution < -0.4 is 5.32 Å². The highest BCUT2D eigenvalue weighted by atomic mass is 35.5. The van der Waals surface area contributed by atoms with E-state index < -0.39 is 10.2 Å². The van der Waals surface area contributed by atoms with E-state index in [-0.39, 0.29) is 24.3 Å². The van der Waals surface area contributed by atoms with Crippen molar-refractivity contribution in [2.45, 2.75) is 19.4 Å². The number of hydrogen-bond acceptors (Lipinski definition) is 3. The monoisotopic (exact) mass is 363 g/mol. The van der Waals surface area contributed by atoms with Crippen LogP contribution in [0.5, 0.6) is 0 Å². The number of piperazine rings is 1. The molecule has 2 heterocycles. The fraction of sp³-hybridized carbons (Fsp3) is 0.600. The first-order chi connectivity index (χ1) is 10.5. The molecule has 0 saturated carbocycles. The fourth-order valence-corrected chi connectivity index (χ4v) is 5.13. The Morgan fingerprint density at radius 3 is 2.74 bits per heavy atom. The molecule has 1 aromatic carbocycles. The van der Waals surface area contributed by atoms with E-state index in [1.165, 1.54) is 16.4 Å². The van der Waals surface area contributed by atoms with Crippen molar-refractivity contribution in [1.82, 2.24) is 13.9 Å². The minimum Gasteiger partial charge on any atom is -0.313 e. The summed E-state index contributed by atoms with van der Waals surface area (Å²) < 4.78 is 42.5. The van der Waals surface area contributed by atoms with E-state index >= 15 is 0 Å². The Morgan fingerprint density at radius 2 is 2.09 bits per heavy atom. The molecule has 1 aromatic rings. The van der Waals surface area contributed by atoms with Gasteiger partial charge in [-0.1, -0.05) is 19.1 Å². The second-order valence-electron chi connectivity index (χ2n) is 6.15. The minimum absolute atomic E-state index is 0. The van der Waals surface area contributed by atoms with Gasteiger partial charge in [0.1, 0.15) is 5.82 Å². The number of rotatable bonds is 3. The lowest BCUT2D eigenvalue weighted by atomic mass is 10.1. The SMILES string of the molecule is CC1CCN(S(=O)(=O)N2CCNCC2c2cccc(F)c2)C1.Cl. The van der Waals surface area contributed by atoms with Crippen LogP contribution in [-0.4, -0.2) is 49.8 Å². The Bertz CT molecular complexity index is 643. The number of halogens is 2. The van der Waals surface area contributed by atoms with Gasteiger partial charge in [0.05, 0.1) is 6.04 Å². The summed E-state index contributed by atoms with van der Waals surface area (Å²) in [6.45, 7) is 4.75. The molecule has 0 aromatic heterocycles. The topological polar surface area (TPSA) is 52.7 Å². The molecule has 2 aliphatic rings. The average molecular weight is 364 g/mol. The Labute approximate surface area is 143 Å². The molecule has 0 aliphatic carbocycles. The van der Waals surface area contributed by atoms with E-state index in [0.29, 0.717) is 44.2 Å². The molecule has 5 nitrogen and oxygen atoms in total. The van der Waals surface area contributed by atoms with Crippen molar-refractivity contribution >= 4 is 22.6 Å². The van der Waals surface area contributed by atoms with Crippen molar-refractivity contribution in [2.75, 3.05) is 32.7 Å².